The number of hydrogen-bond donors (Lipinski definition) is 3. The van der Waals surface area contributed by atoms with Crippen molar-refractivity contribution in [1.82, 2.24) is 10.3 Å². The summed E-state index contributed by atoms with van der Waals surface area (Å²) >= 11 is 0. The Morgan fingerprint density at radius 2 is 2.03 bits per heavy atom. The van der Waals surface area contributed by atoms with Gasteiger partial charge in [0.1, 0.15) is 5.82 Å². The van der Waals surface area contributed by atoms with Crippen molar-refractivity contribution in [3.63, 3.8) is 0 Å². The molecule has 1 amide bonds. The number of amides is 1. The molecule has 168 valence electrons. The second kappa shape index (κ2) is 8.58. The first-order valence-electron chi connectivity index (χ1n) is 11.6. The van der Waals surface area contributed by atoms with Crippen molar-refractivity contribution in [2.24, 2.45) is 5.92 Å². The fourth-order valence-electron chi connectivity index (χ4n) is 5.11. The number of halogens is 1. The average Bonchev–Trinajstić information content (AvgIpc) is 3.16. The summed E-state index contributed by atoms with van der Waals surface area (Å²) < 4.78 is 14.7. The zero-order valence-electron chi connectivity index (χ0n) is 18.5. The molecule has 2 aromatic carbocycles. The molecule has 1 saturated heterocycles. The van der Waals surface area contributed by atoms with E-state index in [9.17, 15) is 14.3 Å². The van der Waals surface area contributed by atoms with Crippen LogP contribution in [0.2, 0.25) is 0 Å². The number of para-hydroxylation sites is 1. The van der Waals surface area contributed by atoms with E-state index >= 15 is 0 Å². The number of aromatic amines is 1. The maximum Gasteiger partial charge on any atom is 0.253 e. The van der Waals surface area contributed by atoms with Crippen LogP contribution in [0.25, 0.3) is 10.9 Å². The summed E-state index contributed by atoms with van der Waals surface area (Å²) in [5.74, 6) is 0.213. The molecular weight excluding hydrogens is 405 g/mol. The molecule has 6 heteroatoms. The first-order valence-corrected chi connectivity index (χ1v) is 11.6. The highest BCUT2D eigenvalue weighted by atomic mass is 19.1. The summed E-state index contributed by atoms with van der Waals surface area (Å²) in [6.07, 6.45) is 4.26. The Balaban J connectivity index is 1.30. The van der Waals surface area contributed by atoms with Crippen LogP contribution in [-0.2, 0) is 19.4 Å². The van der Waals surface area contributed by atoms with Gasteiger partial charge in [-0.2, -0.15) is 0 Å². The number of aliphatic hydroxyl groups excluding tert-OH is 1. The number of aromatic nitrogens is 1. The molecule has 2 heterocycles. The summed E-state index contributed by atoms with van der Waals surface area (Å²) in [5.41, 5.74) is 5.41. The Labute approximate surface area is 187 Å². The molecule has 0 saturated carbocycles. The fraction of sp³-hybridized carbons (Fsp3) is 0.423. The molecule has 0 bridgehead atoms. The number of carbonyl (C=O) groups excluding carboxylic acids is 1. The summed E-state index contributed by atoms with van der Waals surface area (Å²) in [7, 11) is 0. The van der Waals surface area contributed by atoms with Gasteiger partial charge in [0.05, 0.1) is 22.9 Å². The minimum Gasteiger partial charge on any atom is -0.393 e. The maximum absolute atomic E-state index is 14.7. The maximum atomic E-state index is 14.7. The van der Waals surface area contributed by atoms with Crippen molar-refractivity contribution >= 4 is 22.5 Å². The van der Waals surface area contributed by atoms with Gasteiger partial charge < -0.3 is 20.3 Å². The van der Waals surface area contributed by atoms with Crippen LogP contribution in [0.5, 0.6) is 0 Å². The van der Waals surface area contributed by atoms with Crippen molar-refractivity contribution in [3.8, 4) is 0 Å². The van der Waals surface area contributed by atoms with Crippen LogP contribution in [0, 0.1) is 11.7 Å². The number of hydrogen-bond acceptors (Lipinski definition) is 3. The molecule has 5 rings (SSSR count). The second-order valence-electron chi connectivity index (χ2n) is 9.34. The lowest BCUT2D eigenvalue weighted by atomic mass is 9.87. The number of nitrogens with one attached hydrogen (secondary N) is 2. The summed E-state index contributed by atoms with van der Waals surface area (Å²) in [6.45, 7) is 3.84. The molecule has 32 heavy (non-hydrogen) atoms. The van der Waals surface area contributed by atoms with Crippen LogP contribution in [0.15, 0.2) is 36.4 Å². The predicted octanol–water partition coefficient (Wildman–Crippen LogP) is 4.32. The average molecular weight is 436 g/mol. The molecule has 2 aliphatic rings. The number of fused-ring (bicyclic) bond motifs is 3. The normalized spacial score (nSPS) is 19.2. The van der Waals surface area contributed by atoms with Crippen LogP contribution >= 0.6 is 0 Å². The molecule has 1 unspecified atom stereocenters. The highest BCUT2D eigenvalue weighted by Gasteiger charge is 2.23. The zero-order valence-corrected chi connectivity index (χ0v) is 18.5. The molecule has 1 atom stereocenters. The lowest BCUT2D eigenvalue weighted by molar-refractivity contribution is 0.0952. The van der Waals surface area contributed by atoms with Gasteiger partial charge in [0.25, 0.3) is 5.91 Å². The highest BCUT2D eigenvalue weighted by Crippen LogP contribution is 2.33. The van der Waals surface area contributed by atoms with Crippen molar-refractivity contribution in [2.75, 3.05) is 18.0 Å². The summed E-state index contributed by atoms with van der Waals surface area (Å²) in [5, 5.41) is 13.8. The summed E-state index contributed by atoms with van der Waals surface area (Å²) in [6, 6.07) is 11.0. The molecule has 3 N–H and O–H groups in total. The molecule has 0 spiro atoms. The van der Waals surface area contributed by atoms with Crippen LogP contribution < -0.4 is 10.2 Å². The van der Waals surface area contributed by atoms with Crippen LogP contribution in [0.3, 0.4) is 0 Å². The molecule has 3 aromatic rings. The van der Waals surface area contributed by atoms with E-state index in [4.69, 9.17) is 0 Å². The van der Waals surface area contributed by atoms with Gasteiger partial charge >= 0.3 is 0 Å². The van der Waals surface area contributed by atoms with Crippen molar-refractivity contribution in [3.05, 3.63) is 64.6 Å². The van der Waals surface area contributed by atoms with Gasteiger partial charge in [-0.05, 0) is 67.3 Å². The molecule has 0 radical (unpaired) electrons. The van der Waals surface area contributed by atoms with Gasteiger partial charge in [-0.15, -0.1) is 0 Å². The Hall–Kier alpha value is -2.86. The Bertz CT molecular complexity index is 1150. The lowest BCUT2D eigenvalue weighted by Gasteiger charge is -2.31. The van der Waals surface area contributed by atoms with Gasteiger partial charge in [-0.25, -0.2) is 4.39 Å². The molecular formula is C26H30FN3O2. The third kappa shape index (κ3) is 3.99. The number of nitrogens with zero attached hydrogens (tertiary/aromatic N) is 1. The van der Waals surface area contributed by atoms with Gasteiger partial charge in [0.15, 0.2) is 0 Å². The standard InChI is InChI=1S/C26H30FN3O2/c1-16-5-7-23-21(13-16)19-3-2-4-20(25(19)29-23)26(32)28-15-17-6-8-24(22(27)14-17)30-11-9-18(31)10-12-30/h2-4,6,8,14,16,18,29,31H,5,7,9-13,15H2,1H3,(H,28,32). The second-order valence-corrected chi connectivity index (χ2v) is 9.34. The Morgan fingerprint density at radius 1 is 1.22 bits per heavy atom. The molecule has 1 aromatic heterocycles. The van der Waals surface area contributed by atoms with Crippen molar-refractivity contribution in [2.45, 2.75) is 51.7 Å². The highest BCUT2D eigenvalue weighted by molar-refractivity contribution is 6.06. The molecule has 1 fully saturated rings. The minimum atomic E-state index is -0.290. The number of rotatable bonds is 4. The Morgan fingerprint density at radius 3 is 2.81 bits per heavy atom. The quantitative estimate of drug-likeness (QED) is 0.572. The van der Waals surface area contributed by atoms with Gasteiger partial charge in [-0.3, -0.25) is 4.79 Å². The van der Waals surface area contributed by atoms with Gasteiger partial charge in [0.2, 0.25) is 0 Å². The number of aliphatic hydroxyl groups is 1. The number of aryl methyl sites for hydroxylation is 1. The number of H-pyrrole nitrogens is 1. The first kappa shape index (κ1) is 21.0. The van der Waals surface area contributed by atoms with Crippen molar-refractivity contribution in [1.29, 1.82) is 0 Å². The summed E-state index contributed by atoms with van der Waals surface area (Å²) in [4.78, 5) is 18.4. The van der Waals surface area contributed by atoms with Gasteiger partial charge in [0, 0.05) is 30.7 Å². The van der Waals surface area contributed by atoms with Crippen LogP contribution in [-0.4, -0.2) is 35.2 Å². The third-order valence-corrected chi connectivity index (χ3v) is 6.98. The Kier molecular flexibility index (Phi) is 5.64. The van der Waals surface area contributed by atoms with E-state index in [1.165, 1.54) is 23.7 Å². The van der Waals surface area contributed by atoms with E-state index < -0.39 is 0 Å². The number of anilines is 1. The monoisotopic (exact) mass is 435 g/mol. The van der Waals surface area contributed by atoms with E-state index in [2.05, 4.69) is 23.3 Å². The van der Waals surface area contributed by atoms with Crippen LogP contribution in [0.4, 0.5) is 10.1 Å². The zero-order chi connectivity index (χ0) is 22.2. The van der Waals surface area contributed by atoms with Crippen molar-refractivity contribution < 1.29 is 14.3 Å². The predicted molar refractivity (Wildman–Crippen MR) is 125 cm³/mol. The topological polar surface area (TPSA) is 68.4 Å². The van der Waals surface area contributed by atoms with Crippen LogP contribution in [0.1, 0.15) is 53.4 Å². The largest absolute Gasteiger partial charge is 0.393 e. The van der Waals surface area contributed by atoms with E-state index in [0.717, 1.165) is 29.3 Å². The molecule has 1 aliphatic carbocycles. The number of piperidine rings is 1. The fourth-order valence-corrected chi connectivity index (χ4v) is 5.11. The SMILES string of the molecule is CC1CCc2[nH]c3c(C(=O)NCc4ccc(N5CCC(O)CC5)c(F)c4)cccc3c2C1. The lowest BCUT2D eigenvalue weighted by Crippen LogP contribution is -2.36. The smallest absolute Gasteiger partial charge is 0.253 e. The number of benzene rings is 2. The van der Waals surface area contributed by atoms with E-state index in [1.807, 2.05) is 23.1 Å². The van der Waals surface area contributed by atoms with E-state index in [1.54, 1.807) is 6.07 Å². The first-order chi connectivity index (χ1) is 15.5. The minimum absolute atomic E-state index is 0.156. The number of carbonyl (C=O) groups is 1. The third-order valence-electron chi connectivity index (χ3n) is 6.98. The van der Waals surface area contributed by atoms with Gasteiger partial charge in [-0.1, -0.05) is 25.1 Å². The molecule has 5 nitrogen and oxygen atoms in total. The van der Waals surface area contributed by atoms with E-state index in [-0.39, 0.29) is 24.4 Å². The van der Waals surface area contributed by atoms with E-state index in [0.29, 0.717) is 43.1 Å². The molecule has 1 aliphatic heterocycles.